The van der Waals surface area contributed by atoms with Crippen LogP contribution in [0.1, 0.15) is 13.3 Å². The molecular weight excluding hydrogens is 256 g/mol. The van der Waals surface area contributed by atoms with Crippen LogP contribution in [-0.2, 0) is 4.74 Å². The van der Waals surface area contributed by atoms with Gasteiger partial charge in [0.2, 0.25) is 0 Å². The van der Waals surface area contributed by atoms with Crippen molar-refractivity contribution in [3.8, 4) is 0 Å². The Kier molecular flexibility index (Phi) is 3.59. The fourth-order valence-electron chi connectivity index (χ4n) is 1.80. The second kappa shape index (κ2) is 4.94. The fraction of sp³-hybridized carbons (Fsp3) is 0.545. The van der Waals surface area contributed by atoms with Gasteiger partial charge in [0.05, 0.1) is 18.0 Å². The van der Waals surface area contributed by atoms with E-state index in [1.807, 2.05) is 6.20 Å². The van der Waals surface area contributed by atoms with Crippen LogP contribution >= 0.6 is 15.9 Å². The number of anilines is 1. The molecular formula is C11H15BrN2O. The number of rotatable bonds is 1. The lowest BCUT2D eigenvalue weighted by atomic mass is 10.3. The van der Waals surface area contributed by atoms with Gasteiger partial charge in [-0.3, -0.25) is 4.98 Å². The van der Waals surface area contributed by atoms with Crippen molar-refractivity contribution in [2.24, 2.45) is 0 Å². The summed E-state index contributed by atoms with van der Waals surface area (Å²) in [6, 6.07) is 2.10. The minimum atomic E-state index is 0.298. The number of hydrogen-bond donors (Lipinski definition) is 0. The molecule has 1 aliphatic heterocycles. The van der Waals surface area contributed by atoms with Crippen LogP contribution in [0.15, 0.2) is 22.9 Å². The van der Waals surface area contributed by atoms with Crippen molar-refractivity contribution < 1.29 is 4.74 Å². The van der Waals surface area contributed by atoms with E-state index in [1.54, 1.807) is 6.20 Å². The number of aromatic nitrogens is 1. The van der Waals surface area contributed by atoms with Gasteiger partial charge in [-0.15, -0.1) is 0 Å². The Bertz CT molecular complexity index is 332. The third kappa shape index (κ3) is 2.92. The van der Waals surface area contributed by atoms with Crippen LogP contribution in [0.4, 0.5) is 5.69 Å². The minimum Gasteiger partial charge on any atom is -0.377 e. The van der Waals surface area contributed by atoms with Gasteiger partial charge >= 0.3 is 0 Å². The molecule has 1 fully saturated rings. The van der Waals surface area contributed by atoms with Crippen LogP contribution in [0, 0.1) is 0 Å². The van der Waals surface area contributed by atoms with E-state index < -0.39 is 0 Å². The maximum Gasteiger partial charge on any atom is 0.0721 e. The van der Waals surface area contributed by atoms with Crippen molar-refractivity contribution in [1.29, 1.82) is 0 Å². The zero-order chi connectivity index (χ0) is 10.7. The first-order valence-corrected chi connectivity index (χ1v) is 6.02. The number of hydrogen-bond acceptors (Lipinski definition) is 3. The molecule has 0 amide bonds. The second-order valence-electron chi connectivity index (χ2n) is 3.84. The average molecular weight is 271 g/mol. The summed E-state index contributed by atoms with van der Waals surface area (Å²) in [4.78, 5) is 6.51. The highest BCUT2D eigenvalue weighted by Gasteiger charge is 2.15. The van der Waals surface area contributed by atoms with Crippen molar-refractivity contribution in [2.45, 2.75) is 19.4 Å². The lowest BCUT2D eigenvalue weighted by Crippen LogP contribution is -2.30. The zero-order valence-electron chi connectivity index (χ0n) is 8.82. The molecule has 1 aromatic heterocycles. The first kappa shape index (κ1) is 10.9. The SMILES string of the molecule is CC1CN(c2cncc(Br)c2)CCCO1. The van der Waals surface area contributed by atoms with Crippen molar-refractivity contribution in [1.82, 2.24) is 4.98 Å². The molecule has 2 rings (SSSR count). The molecule has 15 heavy (non-hydrogen) atoms. The minimum absolute atomic E-state index is 0.298. The van der Waals surface area contributed by atoms with Gasteiger partial charge in [0, 0.05) is 30.4 Å². The molecule has 0 bridgehead atoms. The summed E-state index contributed by atoms with van der Waals surface area (Å²) in [6.07, 6.45) is 5.09. The van der Waals surface area contributed by atoms with Crippen molar-refractivity contribution in [2.75, 3.05) is 24.6 Å². The first-order chi connectivity index (χ1) is 7.25. The van der Waals surface area contributed by atoms with E-state index in [9.17, 15) is 0 Å². The molecule has 0 aliphatic carbocycles. The van der Waals surface area contributed by atoms with E-state index in [-0.39, 0.29) is 0 Å². The lowest BCUT2D eigenvalue weighted by Gasteiger charge is -2.23. The Hall–Kier alpha value is -0.610. The monoisotopic (exact) mass is 270 g/mol. The molecule has 4 heteroatoms. The molecule has 1 aliphatic rings. The molecule has 1 aromatic rings. The van der Waals surface area contributed by atoms with E-state index in [2.05, 4.69) is 38.8 Å². The van der Waals surface area contributed by atoms with Gasteiger partial charge in [0.15, 0.2) is 0 Å². The summed E-state index contributed by atoms with van der Waals surface area (Å²) >= 11 is 3.44. The third-order valence-electron chi connectivity index (χ3n) is 2.51. The number of halogens is 1. The summed E-state index contributed by atoms with van der Waals surface area (Å²) < 4.78 is 6.64. The Morgan fingerprint density at radius 1 is 1.53 bits per heavy atom. The molecule has 82 valence electrons. The van der Waals surface area contributed by atoms with Crippen molar-refractivity contribution in [3.05, 3.63) is 22.9 Å². The highest BCUT2D eigenvalue weighted by atomic mass is 79.9. The maximum absolute atomic E-state index is 5.61. The fourth-order valence-corrected chi connectivity index (χ4v) is 2.16. The highest BCUT2D eigenvalue weighted by molar-refractivity contribution is 9.10. The maximum atomic E-state index is 5.61. The average Bonchev–Trinajstić information content (AvgIpc) is 2.43. The Morgan fingerprint density at radius 2 is 2.40 bits per heavy atom. The standard InChI is InChI=1S/C11H15BrN2O/c1-9-8-14(3-2-4-15-9)11-5-10(12)6-13-7-11/h5-7,9H,2-4,8H2,1H3. The molecule has 0 N–H and O–H groups in total. The van der Waals surface area contributed by atoms with E-state index in [1.165, 1.54) is 5.69 Å². The van der Waals surface area contributed by atoms with E-state index >= 15 is 0 Å². The van der Waals surface area contributed by atoms with Gasteiger partial charge in [-0.2, -0.15) is 0 Å². The third-order valence-corrected chi connectivity index (χ3v) is 2.94. The van der Waals surface area contributed by atoms with Crippen LogP contribution in [0.3, 0.4) is 0 Å². The lowest BCUT2D eigenvalue weighted by molar-refractivity contribution is 0.0821. The predicted octanol–water partition coefficient (Wildman–Crippen LogP) is 2.46. The summed E-state index contributed by atoms with van der Waals surface area (Å²) in [7, 11) is 0. The molecule has 0 aromatic carbocycles. The molecule has 3 nitrogen and oxygen atoms in total. The molecule has 0 radical (unpaired) electrons. The first-order valence-electron chi connectivity index (χ1n) is 5.23. The number of ether oxygens (including phenoxy) is 1. The summed E-state index contributed by atoms with van der Waals surface area (Å²) in [5, 5.41) is 0. The Morgan fingerprint density at radius 3 is 3.20 bits per heavy atom. The van der Waals surface area contributed by atoms with Crippen molar-refractivity contribution in [3.63, 3.8) is 0 Å². The van der Waals surface area contributed by atoms with Crippen LogP contribution < -0.4 is 4.90 Å². The molecule has 2 heterocycles. The zero-order valence-corrected chi connectivity index (χ0v) is 10.4. The van der Waals surface area contributed by atoms with Crippen molar-refractivity contribution >= 4 is 21.6 Å². The quantitative estimate of drug-likeness (QED) is 0.784. The van der Waals surface area contributed by atoms with E-state index in [4.69, 9.17) is 4.74 Å². The smallest absolute Gasteiger partial charge is 0.0721 e. The largest absolute Gasteiger partial charge is 0.377 e. The van der Waals surface area contributed by atoms with E-state index in [0.29, 0.717) is 6.10 Å². The molecule has 1 unspecified atom stereocenters. The highest BCUT2D eigenvalue weighted by Crippen LogP contribution is 2.20. The van der Waals surface area contributed by atoms with Gasteiger partial charge in [-0.25, -0.2) is 0 Å². The molecule has 1 saturated heterocycles. The summed E-state index contributed by atoms with van der Waals surface area (Å²) in [5.41, 5.74) is 1.17. The topological polar surface area (TPSA) is 25.4 Å². The van der Waals surface area contributed by atoms with Crippen LogP contribution in [0.2, 0.25) is 0 Å². The van der Waals surface area contributed by atoms with Crippen LogP contribution in [-0.4, -0.2) is 30.8 Å². The number of nitrogens with zero attached hydrogens (tertiary/aromatic N) is 2. The normalized spacial score (nSPS) is 22.5. The number of pyridine rings is 1. The summed E-state index contributed by atoms with van der Waals surface area (Å²) in [6.45, 7) is 4.96. The van der Waals surface area contributed by atoms with Gasteiger partial charge in [-0.1, -0.05) is 0 Å². The van der Waals surface area contributed by atoms with E-state index in [0.717, 1.165) is 30.6 Å². The molecule has 0 spiro atoms. The molecule has 1 atom stereocenters. The van der Waals surface area contributed by atoms with Gasteiger partial charge in [0.25, 0.3) is 0 Å². The second-order valence-corrected chi connectivity index (χ2v) is 4.76. The Labute approximate surface area is 98.6 Å². The van der Waals surface area contributed by atoms with Crippen LogP contribution in [0.5, 0.6) is 0 Å². The van der Waals surface area contributed by atoms with Gasteiger partial charge in [-0.05, 0) is 35.3 Å². The van der Waals surface area contributed by atoms with Gasteiger partial charge < -0.3 is 9.64 Å². The summed E-state index contributed by atoms with van der Waals surface area (Å²) in [5.74, 6) is 0. The van der Waals surface area contributed by atoms with Gasteiger partial charge in [0.1, 0.15) is 0 Å². The molecule has 0 saturated carbocycles. The predicted molar refractivity (Wildman–Crippen MR) is 64.2 cm³/mol. The Balaban J connectivity index is 2.14. The van der Waals surface area contributed by atoms with Crippen LogP contribution in [0.25, 0.3) is 0 Å².